The highest BCUT2D eigenvalue weighted by Crippen LogP contribution is 2.29. The van der Waals surface area contributed by atoms with Crippen LogP contribution in [0.5, 0.6) is 11.5 Å². The van der Waals surface area contributed by atoms with Crippen molar-refractivity contribution in [2.24, 2.45) is 5.41 Å². The molecule has 0 spiro atoms. The van der Waals surface area contributed by atoms with Crippen molar-refractivity contribution >= 4 is 34.3 Å². The van der Waals surface area contributed by atoms with Gasteiger partial charge in [-0.1, -0.05) is 32.9 Å². The molecule has 1 heterocycles. The molecule has 29 heavy (non-hydrogen) atoms. The van der Waals surface area contributed by atoms with Crippen molar-refractivity contribution < 1.29 is 19.4 Å². The number of rotatable bonds is 4. The number of nitrogen functional groups attached to an aromatic ring is 1. The lowest BCUT2D eigenvalue weighted by Crippen LogP contribution is -2.28. The first-order valence-corrected chi connectivity index (χ1v) is 9.36. The first-order valence-electron chi connectivity index (χ1n) is 9.36. The van der Waals surface area contributed by atoms with Crippen molar-refractivity contribution in [1.82, 2.24) is 0 Å². The van der Waals surface area contributed by atoms with Crippen LogP contribution in [0.2, 0.25) is 0 Å². The van der Waals surface area contributed by atoms with Gasteiger partial charge in [0.15, 0.2) is 0 Å². The summed E-state index contributed by atoms with van der Waals surface area (Å²) in [5.74, 6) is 1.57. The number of benzene rings is 2. The smallest absolute Gasteiger partial charge is 0.229 e. The maximum Gasteiger partial charge on any atom is 0.229 e. The average Bonchev–Trinajstić information content (AvgIpc) is 3.13. The van der Waals surface area contributed by atoms with E-state index in [0.717, 1.165) is 30.0 Å². The minimum Gasteiger partial charge on any atom is -0.496 e. The summed E-state index contributed by atoms with van der Waals surface area (Å²) in [6, 6.07) is 11.2. The molecule has 4 N–H and O–H groups in total. The second-order valence-electron chi connectivity index (χ2n) is 7.59. The van der Waals surface area contributed by atoms with E-state index in [0.29, 0.717) is 17.9 Å². The van der Waals surface area contributed by atoms with Gasteiger partial charge < -0.3 is 25.6 Å². The molecule has 0 atom stereocenters. The second-order valence-corrected chi connectivity index (χ2v) is 7.59. The fraction of sp³-hybridized carbons (Fsp3) is 0.409. The molecule has 0 radical (unpaired) electrons. The summed E-state index contributed by atoms with van der Waals surface area (Å²) in [6.45, 7) is 6.36. The summed E-state index contributed by atoms with van der Waals surface area (Å²) in [6.07, 6.45) is 1.41. The zero-order valence-electron chi connectivity index (χ0n) is 17.5. The van der Waals surface area contributed by atoms with Crippen LogP contribution in [0.25, 0.3) is 0 Å². The van der Waals surface area contributed by atoms with Crippen LogP contribution in [-0.2, 0) is 17.6 Å². The summed E-state index contributed by atoms with van der Waals surface area (Å²) in [5.41, 5.74) is 8.78. The van der Waals surface area contributed by atoms with Crippen LogP contribution in [0.4, 0.5) is 11.4 Å². The largest absolute Gasteiger partial charge is 0.496 e. The molecule has 0 aromatic heterocycles. The number of nitrogens with one attached hydrogen (secondary N) is 1. The number of carbonyl (C=O) groups excluding carboxylic acids is 1. The summed E-state index contributed by atoms with van der Waals surface area (Å²) < 4.78 is 10.5. The molecule has 6 nitrogen and oxygen atoms in total. The Hall–Kier alpha value is -2.25. The summed E-state index contributed by atoms with van der Waals surface area (Å²) in [5, 5.41) is 12.0. The molecule has 160 valence electrons. The van der Waals surface area contributed by atoms with Gasteiger partial charge in [0.05, 0.1) is 13.7 Å². The van der Waals surface area contributed by atoms with E-state index < -0.39 is 5.41 Å². The quantitative estimate of drug-likeness (QED) is 0.592. The molecule has 2 aromatic carbocycles. The van der Waals surface area contributed by atoms with Crippen molar-refractivity contribution in [3.8, 4) is 11.5 Å². The molecule has 0 bridgehead atoms. The maximum absolute atomic E-state index is 12.0. The van der Waals surface area contributed by atoms with Gasteiger partial charge in [0.1, 0.15) is 11.5 Å². The van der Waals surface area contributed by atoms with E-state index in [1.807, 2.05) is 57.2 Å². The van der Waals surface area contributed by atoms with Crippen LogP contribution in [0.15, 0.2) is 36.4 Å². The molecule has 0 unspecified atom stereocenters. The van der Waals surface area contributed by atoms with Gasteiger partial charge in [-0.05, 0) is 24.3 Å². The van der Waals surface area contributed by atoms with Crippen molar-refractivity contribution in [1.29, 1.82) is 0 Å². The summed E-state index contributed by atoms with van der Waals surface area (Å²) in [4.78, 5) is 12.0. The van der Waals surface area contributed by atoms with Gasteiger partial charge in [-0.15, -0.1) is 17.0 Å². The normalized spacial score (nSPS) is 11.9. The molecule has 2 aromatic rings. The predicted molar refractivity (Wildman–Crippen MR) is 122 cm³/mol. The first kappa shape index (κ1) is 24.8. The number of methoxy groups -OCH3 is 1. The monoisotopic (exact) mass is 466 g/mol. The Balaban J connectivity index is 0.000000321. The van der Waals surface area contributed by atoms with Gasteiger partial charge in [0, 0.05) is 47.4 Å². The Bertz CT molecular complexity index is 819. The molecule has 1 aliphatic rings. The molecule has 3 rings (SSSR count). The molecular weight excluding hydrogens is 436 g/mol. The topological polar surface area (TPSA) is 93.8 Å². The summed E-state index contributed by atoms with van der Waals surface area (Å²) in [7, 11) is 1.57. The van der Waals surface area contributed by atoms with E-state index in [-0.39, 0.29) is 29.5 Å². The minimum atomic E-state index is -0.459. The first-order chi connectivity index (χ1) is 13.3. The molecule has 0 saturated heterocycles. The van der Waals surface area contributed by atoms with Gasteiger partial charge in [0.25, 0.3) is 0 Å². The number of fused-ring (bicyclic) bond motifs is 1. The van der Waals surface area contributed by atoms with E-state index in [9.17, 15) is 4.79 Å². The van der Waals surface area contributed by atoms with Crippen LogP contribution in [-0.4, -0.2) is 31.3 Å². The Kier molecular flexibility index (Phi) is 9.46. The lowest BCUT2D eigenvalue weighted by molar-refractivity contribution is -0.123. The molecule has 0 saturated carbocycles. The maximum atomic E-state index is 12.0. The van der Waals surface area contributed by atoms with Crippen LogP contribution < -0.4 is 20.5 Å². The van der Waals surface area contributed by atoms with Gasteiger partial charge in [-0.25, -0.2) is 0 Å². The lowest BCUT2D eigenvalue weighted by atomic mass is 9.95. The Morgan fingerprint density at radius 2 is 1.93 bits per heavy atom. The number of hydrogen-bond donors (Lipinski definition) is 3. The Morgan fingerprint density at radius 3 is 2.52 bits per heavy atom. The molecule has 1 aliphatic heterocycles. The average molecular weight is 467 g/mol. The lowest BCUT2D eigenvalue weighted by Gasteiger charge is -2.20. The predicted octanol–water partition coefficient (Wildman–Crippen LogP) is 4.00. The third-order valence-electron chi connectivity index (χ3n) is 4.42. The molecule has 0 aliphatic carbocycles. The van der Waals surface area contributed by atoms with Crippen LogP contribution >= 0.6 is 17.0 Å². The molecule has 0 fully saturated rings. The number of amides is 1. The van der Waals surface area contributed by atoms with E-state index in [1.165, 1.54) is 5.56 Å². The molecule has 7 heteroatoms. The van der Waals surface area contributed by atoms with Crippen LogP contribution in [0.1, 0.15) is 31.9 Å². The Morgan fingerprint density at radius 1 is 1.24 bits per heavy atom. The number of aliphatic hydroxyl groups excluding tert-OH is 1. The highest BCUT2D eigenvalue weighted by molar-refractivity contribution is 8.93. The van der Waals surface area contributed by atoms with Crippen LogP contribution in [0, 0.1) is 5.41 Å². The number of anilines is 2. The van der Waals surface area contributed by atoms with Gasteiger partial charge >= 0.3 is 0 Å². The fourth-order valence-corrected chi connectivity index (χ4v) is 2.80. The van der Waals surface area contributed by atoms with E-state index in [2.05, 4.69) is 5.32 Å². The number of nitrogens with two attached hydrogens (primary N) is 1. The van der Waals surface area contributed by atoms with Gasteiger partial charge in [0.2, 0.25) is 5.91 Å². The van der Waals surface area contributed by atoms with Crippen molar-refractivity contribution in [2.75, 3.05) is 31.4 Å². The van der Waals surface area contributed by atoms with Crippen LogP contribution in [0.3, 0.4) is 0 Å². The molecular formula is C22H31BrN2O4. The van der Waals surface area contributed by atoms with Crippen molar-refractivity contribution in [3.05, 3.63) is 47.5 Å². The van der Waals surface area contributed by atoms with E-state index in [4.69, 9.17) is 20.3 Å². The SMILES string of the molecule is Br.COc1cccc(NC(=O)C(C)(C)C)c1CCO.Nc1cccc2c1CCO2. The number of ether oxygens (including phenoxy) is 2. The number of aliphatic hydroxyl groups is 1. The van der Waals surface area contributed by atoms with Gasteiger partial charge in [-0.2, -0.15) is 0 Å². The van der Waals surface area contributed by atoms with Gasteiger partial charge in [-0.3, -0.25) is 4.79 Å². The minimum absolute atomic E-state index is 0. The molecule has 1 amide bonds. The number of halogens is 1. The van der Waals surface area contributed by atoms with Crippen molar-refractivity contribution in [3.63, 3.8) is 0 Å². The fourth-order valence-electron chi connectivity index (χ4n) is 2.80. The summed E-state index contributed by atoms with van der Waals surface area (Å²) >= 11 is 0. The third-order valence-corrected chi connectivity index (χ3v) is 4.42. The van der Waals surface area contributed by atoms with Crippen molar-refractivity contribution in [2.45, 2.75) is 33.6 Å². The highest BCUT2D eigenvalue weighted by atomic mass is 79.9. The third kappa shape index (κ3) is 6.65. The zero-order valence-corrected chi connectivity index (χ0v) is 19.2. The van der Waals surface area contributed by atoms with E-state index in [1.54, 1.807) is 7.11 Å². The standard InChI is InChI=1S/C14H21NO3.C8H9NO.BrH/c1-14(2,3)13(17)15-11-6-5-7-12(18-4)10(11)8-9-16;9-7-2-1-3-8-6(7)4-5-10-8;/h5-7,16H,8-9H2,1-4H3,(H,15,17);1-3H,4-5,9H2;1H. The van der Waals surface area contributed by atoms with E-state index >= 15 is 0 Å². The number of hydrogen-bond acceptors (Lipinski definition) is 5. The number of carbonyl (C=O) groups is 1. The highest BCUT2D eigenvalue weighted by Gasteiger charge is 2.22. The zero-order chi connectivity index (χ0) is 20.7. The Labute approximate surface area is 183 Å². The second kappa shape index (κ2) is 11.1.